The van der Waals surface area contributed by atoms with Crippen molar-refractivity contribution in [1.29, 1.82) is 0 Å². The summed E-state index contributed by atoms with van der Waals surface area (Å²) in [5.74, 6) is 1.23. The van der Waals surface area contributed by atoms with Gasteiger partial charge >= 0.3 is 0 Å². The summed E-state index contributed by atoms with van der Waals surface area (Å²) >= 11 is 1.51. The van der Waals surface area contributed by atoms with Crippen molar-refractivity contribution in [3.05, 3.63) is 6.33 Å². The molecule has 1 saturated heterocycles. The van der Waals surface area contributed by atoms with Crippen molar-refractivity contribution in [2.45, 2.75) is 16.3 Å². The zero-order valence-corrected chi connectivity index (χ0v) is 11.4. The van der Waals surface area contributed by atoms with E-state index in [1.165, 1.54) is 18.1 Å². The van der Waals surface area contributed by atoms with Crippen LogP contribution in [-0.2, 0) is 4.74 Å². The Kier molecular flexibility index (Phi) is 3.48. The second kappa shape index (κ2) is 5.12. The fourth-order valence-electron chi connectivity index (χ4n) is 2.25. The molecule has 2 aliphatic rings. The largest absolute Gasteiger partial charge is 0.383 e. The van der Waals surface area contributed by atoms with Crippen LogP contribution in [0.4, 0.5) is 11.6 Å². The van der Waals surface area contributed by atoms with Crippen LogP contribution in [0.1, 0.15) is 6.42 Å². The van der Waals surface area contributed by atoms with E-state index in [0.717, 1.165) is 50.0 Å². The first-order chi connectivity index (χ1) is 9.16. The summed E-state index contributed by atoms with van der Waals surface area (Å²) in [6, 6.07) is 0. The van der Waals surface area contributed by atoms with Crippen molar-refractivity contribution in [2.75, 3.05) is 43.9 Å². The van der Waals surface area contributed by atoms with Crippen LogP contribution in [0.15, 0.2) is 11.2 Å². The SMILES string of the molecule is Nc1ncnc2c1SC(N)(CCN1CCOCC1)N2. The van der Waals surface area contributed by atoms with Gasteiger partial charge in [0.25, 0.3) is 0 Å². The smallest absolute Gasteiger partial charge is 0.147 e. The highest BCUT2D eigenvalue weighted by Crippen LogP contribution is 2.45. The van der Waals surface area contributed by atoms with Crippen molar-refractivity contribution in [3.63, 3.8) is 0 Å². The van der Waals surface area contributed by atoms with Crippen LogP contribution >= 0.6 is 11.8 Å². The van der Waals surface area contributed by atoms with Gasteiger partial charge in [-0.2, -0.15) is 0 Å². The minimum atomic E-state index is -0.551. The fraction of sp³-hybridized carbons (Fsp3) is 0.636. The molecule has 0 radical (unpaired) electrons. The quantitative estimate of drug-likeness (QED) is 0.707. The van der Waals surface area contributed by atoms with E-state index in [0.29, 0.717) is 5.82 Å². The van der Waals surface area contributed by atoms with Crippen molar-refractivity contribution in [3.8, 4) is 0 Å². The normalized spacial score (nSPS) is 27.0. The lowest BCUT2D eigenvalue weighted by Gasteiger charge is -2.30. The van der Waals surface area contributed by atoms with Crippen molar-refractivity contribution >= 4 is 23.4 Å². The molecule has 5 N–H and O–H groups in total. The van der Waals surface area contributed by atoms with Crippen LogP contribution in [0, 0.1) is 0 Å². The highest BCUT2D eigenvalue weighted by molar-refractivity contribution is 8.01. The van der Waals surface area contributed by atoms with E-state index in [2.05, 4.69) is 20.2 Å². The molecule has 0 spiro atoms. The molecule has 1 aromatic heterocycles. The van der Waals surface area contributed by atoms with Gasteiger partial charge in [0.2, 0.25) is 0 Å². The highest BCUT2D eigenvalue weighted by Gasteiger charge is 2.36. The summed E-state index contributed by atoms with van der Waals surface area (Å²) in [4.78, 5) is 10.8. The standard InChI is InChI=1S/C11H18N6OS/c12-9-8-10(15-7-14-9)16-11(13,19-8)1-2-17-3-5-18-6-4-17/h7H,1-6,13H2,(H3,12,14,15,16). The predicted octanol–water partition coefficient (Wildman–Crippen LogP) is -0.0888. The average Bonchev–Trinajstić information content (AvgIpc) is 2.77. The number of hydrogen-bond acceptors (Lipinski definition) is 8. The molecular weight excluding hydrogens is 264 g/mol. The number of nitrogens with two attached hydrogens (primary N) is 2. The van der Waals surface area contributed by atoms with Gasteiger partial charge in [0.05, 0.1) is 18.1 Å². The third kappa shape index (κ3) is 2.76. The average molecular weight is 282 g/mol. The Bertz CT molecular complexity index is 466. The van der Waals surface area contributed by atoms with Crippen LogP contribution in [0.2, 0.25) is 0 Å². The van der Waals surface area contributed by atoms with E-state index in [4.69, 9.17) is 16.2 Å². The Morgan fingerprint density at radius 2 is 2.21 bits per heavy atom. The Balaban J connectivity index is 1.61. The highest BCUT2D eigenvalue weighted by atomic mass is 32.2. The van der Waals surface area contributed by atoms with E-state index < -0.39 is 4.99 Å². The van der Waals surface area contributed by atoms with Crippen LogP contribution < -0.4 is 16.8 Å². The third-order valence-electron chi connectivity index (χ3n) is 3.35. The molecule has 0 amide bonds. The molecule has 3 rings (SSSR count). The number of aromatic nitrogens is 2. The minimum absolute atomic E-state index is 0.487. The Morgan fingerprint density at radius 3 is 2.95 bits per heavy atom. The van der Waals surface area contributed by atoms with Gasteiger partial charge in [-0.3, -0.25) is 10.6 Å². The number of fused-ring (bicyclic) bond motifs is 1. The molecule has 3 heterocycles. The third-order valence-corrected chi connectivity index (χ3v) is 4.63. The van der Waals surface area contributed by atoms with Crippen molar-refractivity contribution in [1.82, 2.24) is 14.9 Å². The number of hydrogen-bond donors (Lipinski definition) is 3. The van der Waals surface area contributed by atoms with Gasteiger partial charge in [0, 0.05) is 26.1 Å². The second-order valence-corrected chi connectivity index (χ2v) is 6.10. The maximum Gasteiger partial charge on any atom is 0.147 e. The van der Waals surface area contributed by atoms with Gasteiger partial charge in [0.15, 0.2) is 0 Å². The predicted molar refractivity (Wildman–Crippen MR) is 74.7 cm³/mol. The number of nitrogens with zero attached hydrogens (tertiary/aromatic N) is 3. The maximum absolute atomic E-state index is 6.37. The van der Waals surface area contributed by atoms with Crippen molar-refractivity contribution < 1.29 is 4.74 Å². The van der Waals surface area contributed by atoms with E-state index in [1.54, 1.807) is 0 Å². The number of anilines is 2. The molecule has 104 valence electrons. The van der Waals surface area contributed by atoms with E-state index >= 15 is 0 Å². The molecule has 1 aromatic rings. The lowest BCUT2D eigenvalue weighted by molar-refractivity contribution is 0.0365. The molecule has 1 atom stereocenters. The van der Waals surface area contributed by atoms with Gasteiger partial charge in [-0.25, -0.2) is 9.97 Å². The molecule has 2 aliphatic heterocycles. The molecule has 0 saturated carbocycles. The fourth-order valence-corrected chi connectivity index (χ4v) is 3.31. The summed E-state index contributed by atoms with van der Waals surface area (Å²) in [6.45, 7) is 4.47. The summed E-state index contributed by atoms with van der Waals surface area (Å²) < 4.78 is 5.33. The second-order valence-electron chi connectivity index (χ2n) is 4.76. The summed E-state index contributed by atoms with van der Waals surface area (Å²) in [7, 11) is 0. The van der Waals surface area contributed by atoms with Gasteiger partial charge in [-0.15, -0.1) is 0 Å². The Labute approximate surface area is 116 Å². The number of nitrogen functional groups attached to an aromatic ring is 1. The van der Waals surface area contributed by atoms with Gasteiger partial charge in [0.1, 0.15) is 23.0 Å². The lowest BCUT2D eigenvalue weighted by atomic mass is 10.3. The lowest BCUT2D eigenvalue weighted by Crippen LogP contribution is -2.46. The zero-order valence-electron chi connectivity index (χ0n) is 10.6. The van der Waals surface area contributed by atoms with E-state index in [1.807, 2.05) is 0 Å². The molecule has 1 fully saturated rings. The van der Waals surface area contributed by atoms with E-state index in [9.17, 15) is 0 Å². The zero-order chi connectivity index (χ0) is 13.3. The molecule has 8 heteroatoms. The summed E-state index contributed by atoms with van der Waals surface area (Å²) in [6.07, 6.45) is 2.27. The van der Waals surface area contributed by atoms with Crippen molar-refractivity contribution in [2.24, 2.45) is 5.73 Å². The van der Waals surface area contributed by atoms with E-state index in [-0.39, 0.29) is 0 Å². The van der Waals surface area contributed by atoms with Gasteiger partial charge in [-0.05, 0) is 0 Å². The first-order valence-electron chi connectivity index (χ1n) is 6.33. The molecular formula is C11H18N6OS. The summed E-state index contributed by atoms with van der Waals surface area (Å²) in [5.41, 5.74) is 12.2. The monoisotopic (exact) mass is 282 g/mol. The molecule has 0 aliphatic carbocycles. The molecule has 1 unspecified atom stereocenters. The number of nitrogens with one attached hydrogen (secondary N) is 1. The van der Waals surface area contributed by atoms with Crippen LogP contribution in [0.3, 0.4) is 0 Å². The molecule has 7 nitrogen and oxygen atoms in total. The minimum Gasteiger partial charge on any atom is -0.383 e. The number of ether oxygens (including phenoxy) is 1. The number of thioether (sulfide) groups is 1. The number of morpholine rings is 1. The Hall–Kier alpha value is -1.09. The molecule has 0 aromatic carbocycles. The Morgan fingerprint density at radius 1 is 1.42 bits per heavy atom. The van der Waals surface area contributed by atoms with Gasteiger partial charge in [-0.1, -0.05) is 11.8 Å². The first-order valence-corrected chi connectivity index (χ1v) is 7.15. The molecule has 19 heavy (non-hydrogen) atoms. The van der Waals surface area contributed by atoms with Crippen LogP contribution in [0.25, 0.3) is 0 Å². The van der Waals surface area contributed by atoms with Crippen LogP contribution in [-0.4, -0.2) is 52.7 Å². The topological polar surface area (TPSA) is 102 Å². The maximum atomic E-state index is 6.37. The van der Waals surface area contributed by atoms with Gasteiger partial charge < -0.3 is 15.8 Å². The number of rotatable bonds is 3. The summed E-state index contributed by atoms with van der Waals surface area (Å²) in [5, 5.41) is 3.24. The molecule has 0 bridgehead atoms. The van der Waals surface area contributed by atoms with Crippen LogP contribution in [0.5, 0.6) is 0 Å². The first kappa shape index (κ1) is 12.9.